The molecule has 1 amide bonds. The molecule has 3 aliphatic rings. The van der Waals surface area contributed by atoms with Gasteiger partial charge in [-0.3, -0.25) is 4.79 Å². The number of nitrogens with zero attached hydrogens (tertiary/aromatic N) is 1. The monoisotopic (exact) mass is 268 g/mol. The number of nitrogens with one attached hydrogen (secondary N) is 1. The number of amides is 1. The van der Waals surface area contributed by atoms with E-state index >= 15 is 0 Å². The van der Waals surface area contributed by atoms with Crippen LogP contribution in [0.5, 0.6) is 0 Å². The van der Waals surface area contributed by atoms with Crippen molar-refractivity contribution in [1.82, 2.24) is 10.2 Å². The van der Waals surface area contributed by atoms with E-state index in [-0.39, 0.29) is 0 Å². The summed E-state index contributed by atoms with van der Waals surface area (Å²) in [7, 11) is 0. The molecule has 3 unspecified atom stereocenters. The zero-order chi connectivity index (χ0) is 12.5. The fourth-order valence-corrected chi connectivity index (χ4v) is 4.78. The van der Waals surface area contributed by atoms with Crippen LogP contribution in [-0.2, 0) is 4.79 Å². The third-order valence-electron chi connectivity index (χ3n) is 4.63. The standard InChI is InChI=1S/C14H24N2OS/c1-10-9-16(4-5-18-10)14(17)8-11-6-12-2-3-13(7-11)15-12/h10-13,15H,2-9H2,1H3. The Hall–Kier alpha value is -0.220. The largest absolute Gasteiger partial charge is 0.341 e. The van der Waals surface area contributed by atoms with Crippen molar-refractivity contribution in [3.05, 3.63) is 0 Å². The van der Waals surface area contributed by atoms with Gasteiger partial charge >= 0.3 is 0 Å². The summed E-state index contributed by atoms with van der Waals surface area (Å²) in [6.45, 7) is 4.15. The van der Waals surface area contributed by atoms with Gasteiger partial charge in [0.15, 0.2) is 0 Å². The average Bonchev–Trinajstić information content (AvgIpc) is 2.69. The van der Waals surface area contributed by atoms with E-state index in [0.29, 0.717) is 29.2 Å². The lowest BCUT2D eigenvalue weighted by atomic mass is 9.89. The molecule has 3 nitrogen and oxygen atoms in total. The number of carbonyl (C=O) groups excluding carboxylic acids is 1. The Morgan fingerprint density at radius 2 is 2.06 bits per heavy atom. The first-order chi connectivity index (χ1) is 8.70. The van der Waals surface area contributed by atoms with Gasteiger partial charge < -0.3 is 10.2 Å². The summed E-state index contributed by atoms with van der Waals surface area (Å²) in [5.74, 6) is 2.17. The second-order valence-corrected chi connectivity index (χ2v) is 7.75. The molecule has 3 aliphatic heterocycles. The van der Waals surface area contributed by atoms with E-state index in [1.807, 2.05) is 11.8 Å². The quantitative estimate of drug-likeness (QED) is 0.830. The van der Waals surface area contributed by atoms with E-state index in [1.54, 1.807) is 0 Å². The molecule has 4 heteroatoms. The maximum absolute atomic E-state index is 12.3. The van der Waals surface area contributed by atoms with Crippen LogP contribution in [0.3, 0.4) is 0 Å². The highest BCUT2D eigenvalue weighted by molar-refractivity contribution is 7.99. The second kappa shape index (κ2) is 5.41. The van der Waals surface area contributed by atoms with Crippen LogP contribution in [0.4, 0.5) is 0 Å². The summed E-state index contributed by atoms with van der Waals surface area (Å²) >= 11 is 1.99. The Balaban J connectivity index is 1.51. The minimum atomic E-state index is 0.411. The van der Waals surface area contributed by atoms with E-state index in [2.05, 4.69) is 17.1 Å². The normalized spacial score (nSPS) is 39.9. The molecule has 0 aliphatic carbocycles. The van der Waals surface area contributed by atoms with Crippen LogP contribution in [0.2, 0.25) is 0 Å². The summed E-state index contributed by atoms with van der Waals surface area (Å²) in [4.78, 5) is 14.4. The lowest BCUT2D eigenvalue weighted by Crippen LogP contribution is -2.44. The highest BCUT2D eigenvalue weighted by Crippen LogP contribution is 2.33. The van der Waals surface area contributed by atoms with Crippen molar-refractivity contribution in [2.24, 2.45) is 5.92 Å². The summed E-state index contributed by atoms with van der Waals surface area (Å²) in [5.41, 5.74) is 0. The van der Waals surface area contributed by atoms with E-state index in [4.69, 9.17) is 0 Å². The third-order valence-corrected chi connectivity index (χ3v) is 5.76. The van der Waals surface area contributed by atoms with Crippen molar-refractivity contribution in [3.8, 4) is 0 Å². The van der Waals surface area contributed by atoms with Gasteiger partial charge in [0.2, 0.25) is 5.91 Å². The molecule has 3 atom stereocenters. The van der Waals surface area contributed by atoms with Gasteiger partial charge in [0.05, 0.1) is 0 Å². The van der Waals surface area contributed by atoms with Crippen molar-refractivity contribution in [1.29, 1.82) is 0 Å². The van der Waals surface area contributed by atoms with Crippen LogP contribution in [0, 0.1) is 5.92 Å². The Morgan fingerprint density at radius 3 is 2.72 bits per heavy atom. The molecule has 0 aromatic heterocycles. The molecule has 18 heavy (non-hydrogen) atoms. The van der Waals surface area contributed by atoms with Gasteiger partial charge in [0.1, 0.15) is 0 Å². The molecule has 3 heterocycles. The maximum atomic E-state index is 12.3. The maximum Gasteiger partial charge on any atom is 0.222 e. The van der Waals surface area contributed by atoms with Gasteiger partial charge in [0, 0.05) is 42.6 Å². The van der Waals surface area contributed by atoms with Crippen molar-refractivity contribution in [2.75, 3.05) is 18.8 Å². The fourth-order valence-electron chi connectivity index (χ4n) is 3.76. The smallest absolute Gasteiger partial charge is 0.222 e. The van der Waals surface area contributed by atoms with Gasteiger partial charge in [-0.1, -0.05) is 6.92 Å². The Morgan fingerprint density at radius 1 is 1.33 bits per heavy atom. The lowest BCUT2D eigenvalue weighted by Gasteiger charge is -2.34. The summed E-state index contributed by atoms with van der Waals surface area (Å²) < 4.78 is 0. The van der Waals surface area contributed by atoms with E-state index < -0.39 is 0 Å². The summed E-state index contributed by atoms with van der Waals surface area (Å²) in [5, 5.41) is 4.27. The zero-order valence-corrected chi connectivity index (χ0v) is 12.0. The molecule has 2 bridgehead atoms. The first kappa shape index (κ1) is 12.8. The van der Waals surface area contributed by atoms with E-state index in [0.717, 1.165) is 25.3 Å². The number of hydrogen-bond donors (Lipinski definition) is 1. The first-order valence-electron chi connectivity index (χ1n) is 7.36. The van der Waals surface area contributed by atoms with Gasteiger partial charge in [-0.05, 0) is 31.6 Å². The average molecular weight is 268 g/mol. The van der Waals surface area contributed by atoms with Crippen molar-refractivity contribution < 1.29 is 4.79 Å². The predicted molar refractivity (Wildman–Crippen MR) is 75.8 cm³/mol. The van der Waals surface area contributed by atoms with Crippen molar-refractivity contribution >= 4 is 17.7 Å². The predicted octanol–water partition coefficient (Wildman–Crippen LogP) is 1.87. The topological polar surface area (TPSA) is 32.3 Å². The van der Waals surface area contributed by atoms with Gasteiger partial charge in [-0.2, -0.15) is 11.8 Å². The Bertz CT molecular complexity index is 311. The van der Waals surface area contributed by atoms with Crippen molar-refractivity contribution in [3.63, 3.8) is 0 Å². The third kappa shape index (κ3) is 2.85. The number of fused-ring (bicyclic) bond motifs is 2. The highest BCUT2D eigenvalue weighted by Gasteiger charge is 2.35. The van der Waals surface area contributed by atoms with Gasteiger partial charge in [-0.15, -0.1) is 0 Å². The molecule has 0 aromatic carbocycles. The highest BCUT2D eigenvalue weighted by atomic mass is 32.2. The fraction of sp³-hybridized carbons (Fsp3) is 0.929. The Labute approximate surface area is 114 Å². The summed E-state index contributed by atoms with van der Waals surface area (Å²) in [6, 6.07) is 1.41. The molecule has 0 spiro atoms. The minimum Gasteiger partial charge on any atom is -0.341 e. The van der Waals surface area contributed by atoms with Crippen molar-refractivity contribution in [2.45, 2.75) is 56.4 Å². The van der Waals surface area contributed by atoms with Crippen LogP contribution in [-0.4, -0.2) is 47.0 Å². The lowest BCUT2D eigenvalue weighted by molar-refractivity contribution is -0.132. The number of piperidine rings is 1. The van der Waals surface area contributed by atoms with Crippen LogP contribution < -0.4 is 5.32 Å². The Kier molecular flexibility index (Phi) is 3.85. The van der Waals surface area contributed by atoms with E-state index in [1.165, 1.54) is 25.7 Å². The molecule has 0 radical (unpaired) electrons. The van der Waals surface area contributed by atoms with Crippen LogP contribution in [0.1, 0.15) is 39.0 Å². The number of carbonyl (C=O) groups is 1. The molecule has 3 rings (SSSR count). The van der Waals surface area contributed by atoms with E-state index in [9.17, 15) is 4.79 Å². The molecule has 0 aromatic rings. The minimum absolute atomic E-state index is 0.411. The van der Waals surface area contributed by atoms with Crippen LogP contribution >= 0.6 is 11.8 Å². The number of thioether (sulfide) groups is 1. The van der Waals surface area contributed by atoms with Gasteiger partial charge in [0.25, 0.3) is 0 Å². The first-order valence-corrected chi connectivity index (χ1v) is 8.41. The number of hydrogen-bond acceptors (Lipinski definition) is 3. The molecular weight excluding hydrogens is 244 g/mol. The van der Waals surface area contributed by atoms with Gasteiger partial charge in [-0.25, -0.2) is 0 Å². The summed E-state index contributed by atoms with van der Waals surface area (Å²) in [6.07, 6.45) is 5.90. The zero-order valence-electron chi connectivity index (χ0n) is 11.2. The van der Waals surface area contributed by atoms with Crippen LogP contribution in [0.25, 0.3) is 0 Å². The second-order valence-electron chi connectivity index (χ2n) is 6.20. The molecule has 3 saturated heterocycles. The van der Waals surface area contributed by atoms with Crippen LogP contribution in [0.15, 0.2) is 0 Å². The molecule has 0 saturated carbocycles. The number of rotatable bonds is 2. The SMILES string of the molecule is CC1CN(C(=O)CC2CC3CCC(C2)N3)CCS1. The molecule has 3 fully saturated rings. The molecular formula is C14H24N2OS. The molecule has 102 valence electrons. The molecule has 1 N–H and O–H groups in total.